The molecule has 1 fully saturated rings. The highest BCUT2D eigenvalue weighted by atomic mass is 16.5. The van der Waals surface area contributed by atoms with Gasteiger partial charge in [0.15, 0.2) is 0 Å². The van der Waals surface area contributed by atoms with Crippen molar-refractivity contribution in [2.24, 2.45) is 0 Å². The van der Waals surface area contributed by atoms with E-state index < -0.39 is 0 Å². The van der Waals surface area contributed by atoms with Crippen LogP contribution in [0.4, 0.5) is 5.82 Å². The number of carbonyl (C=O) groups is 1. The minimum absolute atomic E-state index is 0.0437. The molecule has 35 heavy (non-hydrogen) atoms. The predicted molar refractivity (Wildman–Crippen MR) is 137 cm³/mol. The molecule has 1 amide bonds. The van der Waals surface area contributed by atoms with Crippen LogP contribution in [0.3, 0.4) is 0 Å². The zero-order chi connectivity index (χ0) is 24.2. The van der Waals surface area contributed by atoms with Crippen LogP contribution in [-0.4, -0.2) is 39.1 Å². The maximum absolute atomic E-state index is 13.0. The van der Waals surface area contributed by atoms with Crippen molar-refractivity contribution in [2.75, 3.05) is 12.3 Å². The van der Waals surface area contributed by atoms with Crippen LogP contribution in [0.5, 0.6) is 11.5 Å². The number of ether oxygens (including phenoxy) is 1. The lowest BCUT2D eigenvalue weighted by molar-refractivity contribution is -0.122. The molecule has 2 unspecified atom stereocenters. The van der Waals surface area contributed by atoms with Gasteiger partial charge in [0.05, 0.1) is 5.39 Å². The molecular weight excluding hydrogens is 440 g/mol. The molecule has 1 aliphatic heterocycles. The normalized spacial score (nSPS) is 16.3. The van der Waals surface area contributed by atoms with Crippen LogP contribution in [-0.2, 0) is 11.3 Å². The monoisotopic (exact) mass is 470 g/mol. The number of anilines is 1. The van der Waals surface area contributed by atoms with Gasteiger partial charge in [0, 0.05) is 23.8 Å². The third-order valence-corrected chi connectivity index (χ3v) is 6.51. The van der Waals surface area contributed by atoms with E-state index in [9.17, 15) is 4.79 Å². The van der Waals surface area contributed by atoms with Crippen molar-refractivity contribution in [1.82, 2.24) is 25.2 Å². The molecule has 2 atom stereocenters. The number of rotatable bonds is 8. The summed E-state index contributed by atoms with van der Waals surface area (Å²) in [5.74, 6) is 1.85. The van der Waals surface area contributed by atoms with Crippen LogP contribution in [0.25, 0.3) is 22.2 Å². The minimum Gasteiger partial charge on any atom is -0.457 e. The Kier molecular flexibility index (Phi) is 6.63. The van der Waals surface area contributed by atoms with Crippen LogP contribution in [0.1, 0.15) is 26.2 Å². The van der Waals surface area contributed by atoms with Crippen molar-refractivity contribution in [3.05, 3.63) is 67.1 Å². The van der Waals surface area contributed by atoms with Gasteiger partial charge in [0.2, 0.25) is 5.91 Å². The lowest BCUT2D eigenvalue weighted by Gasteiger charge is -2.23. The van der Waals surface area contributed by atoms with Crippen LogP contribution in [0, 0.1) is 0 Å². The molecule has 8 nitrogen and oxygen atoms in total. The van der Waals surface area contributed by atoms with Gasteiger partial charge in [-0.1, -0.05) is 37.3 Å². The third-order valence-electron chi connectivity index (χ3n) is 6.51. The number of amides is 1. The second kappa shape index (κ2) is 10.1. The summed E-state index contributed by atoms with van der Waals surface area (Å²) in [5.41, 5.74) is 8.71. The number of hydrogen-bond acceptors (Lipinski definition) is 6. The maximum atomic E-state index is 13.0. The van der Waals surface area contributed by atoms with Gasteiger partial charge in [-0.05, 0) is 55.6 Å². The fourth-order valence-electron chi connectivity index (χ4n) is 4.76. The van der Waals surface area contributed by atoms with Crippen LogP contribution >= 0.6 is 0 Å². The van der Waals surface area contributed by atoms with Crippen molar-refractivity contribution in [3.63, 3.8) is 0 Å². The number of hydrogen-bond donors (Lipinski definition) is 3. The second-order valence-electron chi connectivity index (χ2n) is 8.85. The van der Waals surface area contributed by atoms with E-state index in [1.54, 1.807) is 0 Å². The van der Waals surface area contributed by atoms with Crippen molar-refractivity contribution in [1.29, 1.82) is 0 Å². The van der Waals surface area contributed by atoms with Crippen LogP contribution in [0.2, 0.25) is 0 Å². The lowest BCUT2D eigenvalue weighted by Crippen LogP contribution is -2.47. The number of para-hydroxylation sites is 1. The Morgan fingerprint density at radius 2 is 1.94 bits per heavy atom. The summed E-state index contributed by atoms with van der Waals surface area (Å²) in [6.45, 7) is 3.27. The molecule has 1 aliphatic rings. The average molecular weight is 471 g/mol. The molecule has 0 radical (unpaired) electrons. The van der Waals surface area contributed by atoms with Gasteiger partial charge in [-0.15, -0.1) is 0 Å². The van der Waals surface area contributed by atoms with E-state index in [2.05, 4.69) is 27.5 Å². The Labute approximate surface area is 204 Å². The Morgan fingerprint density at radius 1 is 1.17 bits per heavy atom. The molecule has 2 aromatic heterocycles. The standard InChI is InChI=1S/C27H30N6O2/c1-2-22(23-9-6-14-29-23)32-24(34)16-33-15-21(25-26(28)30-17-31-27(25)33)18-10-12-20(13-11-18)35-19-7-4-3-5-8-19/h3-5,7-8,10-13,15,17,22-23,29H,2,6,9,14,16H2,1H3,(H,32,34)(H2,28,30,31). The van der Waals surface area contributed by atoms with E-state index in [4.69, 9.17) is 10.5 Å². The van der Waals surface area contributed by atoms with Crippen molar-refractivity contribution in [2.45, 2.75) is 44.8 Å². The number of nitrogens with zero attached hydrogens (tertiary/aromatic N) is 3. The van der Waals surface area contributed by atoms with Gasteiger partial charge in [-0.3, -0.25) is 4.79 Å². The van der Waals surface area contributed by atoms with E-state index >= 15 is 0 Å². The fraction of sp³-hybridized carbons (Fsp3) is 0.296. The van der Waals surface area contributed by atoms with E-state index in [1.807, 2.05) is 65.4 Å². The highest BCUT2D eigenvalue weighted by Crippen LogP contribution is 2.34. The molecule has 8 heteroatoms. The molecule has 5 rings (SSSR count). The van der Waals surface area contributed by atoms with Gasteiger partial charge >= 0.3 is 0 Å². The van der Waals surface area contributed by atoms with Crippen molar-refractivity contribution in [3.8, 4) is 22.6 Å². The van der Waals surface area contributed by atoms with Gasteiger partial charge in [0.25, 0.3) is 0 Å². The Hall–Kier alpha value is -3.91. The van der Waals surface area contributed by atoms with Crippen molar-refractivity contribution >= 4 is 22.8 Å². The zero-order valence-corrected chi connectivity index (χ0v) is 19.8. The Bertz CT molecular complexity index is 1300. The topological polar surface area (TPSA) is 107 Å². The number of nitrogens with two attached hydrogens (primary N) is 1. The second-order valence-corrected chi connectivity index (χ2v) is 8.85. The summed E-state index contributed by atoms with van der Waals surface area (Å²) in [6, 6.07) is 17.9. The van der Waals surface area contributed by atoms with E-state index in [0.29, 0.717) is 17.5 Å². The van der Waals surface area contributed by atoms with E-state index in [1.165, 1.54) is 6.33 Å². The molecule has 4 aromatic rings. The average Bonchev–Trinajstić information content (AvgIpc) is 3.53. The van der Waals surface area contributed by atoms with Gasteiger partial charge in [0.1, 0.15) is 35.8 Å². The molecule has 2 aromatic carbocycles. The molecule has 4 N–H and O–H groups in total. The predicted octanol–water partition coefficient (Wildman–Crippen LogP) is 4.12. The Morgan fingerprint density at radius 3 is 2.66 bits per heavy atom. The number of nitrogen functional groups attached to an aromatic ring is 1. The first kappa shape index (κ1) is 22.9. The SMILES string of the molecule is CCC(NC(=O)Cn1cc(-c2ccc(Oc3ccccc3)cc2)c2c(N)ncnc21)C1CCCN1. The lowest BCUT2D eigenvalue weighted by atomic mass is 10.0. The summed E-state index contributed by atoms with van der Waals surface area (Å²) in [6.07, 6.45) is 6.48. The number of fused-ring (bicyclic) bond motifs is 1. The van der Waals surface area contributed by atoms with Gasteiger partial charge in [-0.2, -0.15) is 0 Å². The van der Waals surface area contributed by atoms with E-state index in [-0.39, 0.29) is 18.5 Å². The summed E-state index contributed by atoms with van der Waals surface area (Å²) in [4.78, 5) is 21.6. The molecule has 1 saturated heterocycles. The quantitative estimate of drug-likeness (QED) is 0.358. The van der Waals surface area contributed by atoms with Crippen LogP contribution < -0.4 is 21.1 Å². The number of aromatic nitrogens is 3. The van der Waals surface area contributed by atoms with E-state index in [0.717, 1.165) is 53.8 Å². The fourth-order valence-corrected chi connectivity index (χ4v) is 4.76. The van der Waals surface area contributed by atoms with Crippen LogP contribution in [0.15, 0.2) is 67.1 Å². The molecular formula is C27H30N6O2. The smallest absolute Gasteiger partial charge is 0.240 e. The number of benzene rings is 2. The molecule has 0 bridgehead atoms. The maximum Gasteiger partial charge on any atom is 0.240 e. The summed E-state index contributed by atoms with van der Waals surface area (Å²) < 4.78 is 7.76. The Balaban J connectivity index is 1.39. The zero-order valence-electron chi connectivity index (χ0n) is 19.8. The molecule has 3 heterocycles. The molecule has 0 spiro atoms. The first-order valence-electron chi connectivity index (χ1n) is 12.1. The number of carbonyl (C=O) groups excluding carboxylic acids is 1. The highest BCUT2D eigenvalue weighted by Gasteiger charge is 2.25. The largest absolute Gasteiger partial charge is 0.457 e. The summed E-state index contributed by atoms with van der Waals surface area (Å²) >= 11 is 0. The molecule has 0 saturated carbocycles. The summed E-state index contributed by atoms with van der Waals surface area (Å²) in [7, 11) is 0. The third kappa shape index (κ3) is 4.97. The number of nitrogens with one attached hydrogen (secondary N) is 2. The highest BCUT2D eigenvalue weighted by molar-refractivity contribution is 6.01. The molecule has 180 valence electrons. The molecule has 0 aliphatic carbocycles. The van der Waals surface area contributed by atoms with Gasteiger partial charge < -0.3 is 25.7 Å². The first-order chi connectivity index (χ1) is 17.1. The van der Waals surface area contributed by atoms with Crippen molar-refractivity contribution < 1.29 is 9.53 Å². The van der Waals surface area contributed by atoms with Gasteiger partial charge in [-0.25, -0.2) is 9.97 Å². The first-order valence-corrected chi connectivity index (χ1v) is 12.1. The minimum atomic E-state index is -0.0437. The summed E-state index contributed by atoms with van der Waals surface area (Å²) in [5, 5.41) is 7.43.